The molecule has 2 rings (SSSR count). The van der Waals surface area contributed by atoms with Gasteiger partial charge in [0.15, 0.2) is 11.5 Å². The second-order valence-electron chi connectivity index (χ2n) is 7.49. The average Bonchev–Trinajstić information content (AvgIpc) is 2.62. The molecule has 0 unspecified atom stereocenters. The van der Waals surface area contributed by atoms with E-state index in [0.29, 0.717) is 36.6 Å². The molecule has 0 aromatic heterocycles. The third kappa shape index (κ3) is 7.22. The standard InChI is InChI=1S/C22H24Br2N2O4/c1-22(2,3)30-21(27)26-10-8-15-12-17(24)20(28-4)19(13-15)29-18-6-5-14(7-9-25)11-16(18)23/h5-6,11-13H,7-8,10H2,1-4H3,(H,26,27). The summed E-state index contributed by atoms with van der Waals surface area (Å²) in [6, 6.07) is 11.4. The van der Waals surface area contributed by atoms with Crippen molar-refractivity contribution in [2.45, 2.75) is 39.2 Å². The van der Waals surface area contributed by atoms with Gasteiger partial charge in [-0.15, -0.1) is 0 Å². The van der Waals surface area contributed by atoms with E-state index in [-0.39, 0.29) is 0 Å². The van der Waals surface area contributed by atoms with Crippen LogP contribution in [-0.2, 0) is 17.6 Å². The maximum absolute atomic E-state index is 11.8. The molecule has 0 aliphatic heterocycles. The number of amides is 1. The smallest absolute Gasteiger partial charge is 0.407 e. The van der Waals surface area contributed by atoms with Crippen LogP contribution < -0.4 is 14.8 Å². The molecule has 2 aromatic carbocycles. The predicted molar refractivity (Wildman–Crippen MR) is 122 cm³/mol. The molecule has 0 fully saturated rings. The van der Waals surface area contributed by atoms with Gasteiger partial charge in [-0.05, 0) is 94.4 Å². The zero-order valence-corrected chi connectivity index (χ0v) is 20.5. The van der Waals surface area contributed by atoms with Gasteiger partial charge in [0.25, 0.3) is 0 Å². The van der Waals surface area contributed by atoms with Gasteiger partial charge in [0.2, 0.25) is 0 Å². The molecule has 0 aliphatic rings. The van der Waals surface area contributed by atoms with Gasteiger partial charge in [0.05, 0.1) is 28.5 Å². The van der Waals surface area contributed by atoms with Crippen molar-refractivity contribution in [1.82, 2.24) is 5.32 Å². The topological polar surface area (TPSA) is 80.6 Å². The average molecular weight is 540 g/mol. The Kier molecular flexibility index (Phi) is 8.56. The van der Waals surface area contributed by atoms with Crippen LogP contribution in [0.4, 0.5) is 4.79 Å². The van der Waals surface area contributed by atoms with E-state index in [1.807, 2.05) is 45.0 Å². The largest absolute Gasteiger partial charge is 0.492 e. The van der Waals surface area contributed by atoms with E-state index in [2.05, 4.69) is 43.2 Å². The number of ether oxygens (including phenoxy) is 3. The van der Waals surface area contributed by atoms with Crippen LogP contribution in [0.5, 0.6) is 17.2 Å². The summed E-state index contributed by atoms with van der Waals surface area (Å²) < 4.78 is 18.3. The van der Waals surface area contributed by atoms with Crippen molar-refractivity contribution in [1.29, 1.82) is 5.26 Å². The predicted octanol–water partition coefficient (Wildman–Crippen LogP) is 6.15. The molecule has 0 aliphatic carbocycles. The lowest BCUT2D eigenvalue weighted by Crippen LogP contribution is -2.33. The number of hydrogen-bond acceptors (Lipinski definition) is 5. The van der Waals surface area contributed by atoms with E-state index >= 15 is 0 Å². The van der Waals surface area contributed by atoms with E-state index in [0.717, 1.165) is 20.1 Å². The lowest BCUT2D eigenvalue weighted by Gasteiger charge is -2.19. The molecule has 160 valence electrons. The third-order valence-electron chi connectivity index (χ3n) is 3.85. The minimum absolute atomic E-state index is 0.327. The molecule has 0 atom stereocenters. The minimum Gasteiger partial charge on any atom is -0.492 e. The molecule has 0 radical (unpaired) electrons. The Labute approximate surface area is 193 Å². The quantitative estimate of drug-likeness (QED) is 0.456. The number of rotatable bonds is 7. The lowest BCUT2D eigenvalue weighted by atomic mass is 10.1. The van der Waals surface area contributed by atoms with E-state index in [1.165, 1.54) is 0 Å². The molecule has 0 saturated heterocycles. The van der Waals surface area contributed by atoms with Crippen molar-refractivity contribution in [3.8, 4) is 23.3 Å². The maximum atomic E-state index is 11.8. The molecule has 8 heteroatoms. The molecule has 0 heterocycles. The van der Waals surface area contributed by atoms with Crippen LogP contribution in [0.1, 0.15) is 31.9 Å². The summed E-state index contributed by atoms with van der Waals surface area (Å²) in [6.45, 7) is 5.88. The van der Waals surface area contributed by atoms with Gasteiger partial charge in [-0.2, -0.15) is 5.26 Å². The second kappa shape index (κ2) is 10.7. The molecule has 0 bridgehead atoms. The maximum Gasteiger partial charge on any atom is 0.407 e. The first-order valence-corrected chi connectivity index (χ1v) is 10.9. The second-order valence-corrected chi connectivity index (χ2v) is 9.20. The van der Waals surface area contributed by atoms with E-state index in [1.54, 1.807) is 13.2 Å². The van der Waals surface area contributed by atoms with Crippen LogP contribution in [0.3, 0.4) is 0 Å². The van der Waals surface area contributed by atoms with Crippen molar-refractivity contribution >= 4 is 38.0 Å². The van der Waals surface area contributed by atoms with Gasteiger partial charge in [-0.25, -0.2) is 4.79 Å². The first-order chi connectivity index (χ1) is 14.1. The number of methoxy groups -OCH3 is 1. The normalized spacial score (nSPS) is 10.8. The molecular weight excluding hydrogens is 516 g/mol. The third-order valence-corrected chi connectivity index (χ3v) is 5.06. The number of halogens is 2. The van der Waals surface area contributed by atoms with Gasteiger partial charge in [-0.3, -0.25) is 0 Å². The number of carbonyl (C=O) groups is 1. The van der Waals surface area contributed by atoms with Gasteiger partial charge < -0.3 is 19.5 Å². The van der Waals surface area contributed by atoms with Crippen molar-refractivity contribution in [2.24, 2.45) is 0 Å². The summed E-state index contributed by atoms with van der Waals surface area (Å²) in [6.07, 6.45) is 0.460. The summed E-state index contributed by atoms with van der Waals surface area (Å²) in [5, 5.41) is 11.6. The van der Waals surface area contributed by atoms with E-state index in [4.69, 9.17) is 19.5 Å². The Balaban J connectivity index is 2.15. The minimum atomic E-state index is -0.537. The summed E-state index contributed by atoms with van der Waals surface area (Å²) in [5.41, 5.74) is 1.31. The number of nitrogens with zero attached hydrogens (tertiary/aromatic N) is 1. The van der Waals surface area contributed by atoms with Crippen LogP contribution in [0, 0.1) is 11.3 Å². The van der Waals surface area contributed by atoms with Crippen molar-refractivity contribution in [3.63, 3.8) is 0 Å². The fourth-order valence-electron chi connectivity index (χ4n) is 2.61. The van der Waals surface area contributed by atoms with Crippen LogP contribution in [0.25, 0.3) is 0 Å². The number of alkyl carbamates (subject to hydrolysis) is 1. The lowest BCUT2D eigenvalue weighted by molar-refractivity contribution is 0.0528. The highest BCUT2D eigenvalue weighted by molar-refractivity contribution is 9.11. The fraction of sp³-hybridized carbons (Fsp3) is 0.364. The first kappa shape index (κ1) is 24.0. The van der Waals surface area contributed by atoms with Crippen LogP contribution in [-0.4, -0.2) is 25.3 Å². The molecule has 0 saturated carbocycles. The van der Waals surface area contributed by atoms with E-state index < -0.39 is 11.7 Å². The van der Waals surface area contributed by atoms with Crippen LogP contribution >= 0.6 is 31.9 Å². The van der Waals surface area contributed by atoms with Gasteiger partial charge in [0.1, 0.15) is 11.4 Å². The SMILES string of the molecule is COc1c(Br)cc(CCNC(=O)OC(C)(C)C)cc1Oc1ccc(CC#N)cc1Br. The highest BCUT2D eigenvalue weighted by Gasteiger charge is 2.17. The van der Waals surface area contributed by atoms with Gasteiger partial charge in [0, 0.05) is 6.54 Å². The van der Waals surface area contributed by atoms with E-state index in [9.17, 15) is 4.79 Å². The zero-order valence-electron chi connectivity index (χ0n) is 17.3. The highest BCUT2D eigenvalue weighted by Crippen LogP contribution is 2.41. The van der Waals surface area contributed by atoms with Crippen molar-refractivity contribution in [2.75, 3.05) is 13.7 Å². The molecule has 0 spiro atoms. The Morgan fingerprint density at radius 2 is 1.80 bits per heavy atom. The van der Waals surface area contributed by atoms with Gasteiger partial charge >= 0.3 is 6.09 Å². The number of carbonyl (C=O) groups excluding carboxylic acids is 1. The van der Waals surface area contributed by atoms with Crippen LogP contribution in [0.2, 0.25) is 0 Å². The molecular formula is C22H24Br2N2O4. The summed E-state index contributed by atoms with van der Waals surface area (Å²) in [5.74, 6) is 1.70. The molecule has 2 aromatic rings. The Morgan fingerprint density at radius 1 is 1.10 bits per heavy atom. The monoisotopic (exact) mass is 538 g/mol. The Bertz CT molecular complexity index is 949. The fourth-order valence-corrected chi connectivity index (χ4v) is 3.77. The molecule has 30 heavy (non-hydrogen) atoms. The number of hydrogen-bond donors (Lipinski definition) is 1. The summed E-state index contributed by atoms with van der Waals surface area (Å²) in [4.78, 5) is 11.8. The summed E-state index contributed by atoms with van der Waals surface area (Å²) >= 11 is 7.01. The zero-order chi connectivity index (χ0) is 22.3. The number of benzene rings is 2. The van der Waals surface area contributed by atoms with Crippen LogP contribution in [0.15, 0.2) is 39.3 Å². The molecule has 6 nitrogen and oxygen atoms in total. The summed E-state index contributed by atoms with van der Waals surface area (Å²) in [7, 11) is 1.57. The molecule has 1 amide bonds. The molecule has 1 N–H and O–H groups in total. The van der Waals surface area contributed by atoms with Crippen molar-refractivity contribution in [3.05, 3.63) is 50.4 Å². The first-order valence-electron chi connectivity index (χ1n) is 9.29. The number of nitriles is 1. The van der Waals surface area contributed by atoms with Gasteiger partial charge in [-0.1, -0.05) is 6.07 Å². The highest BCUT2D eigenvalue weighted by atomic mass is 79.9. The Morgan fingerprint density at radius 3 is 2.40 bits per heavy atom. The van der Waals surface area contributed by atoms with Crippen molar-refractivity contribution < 1.29 is 19.0 Å². The Hall–Kier alpha value is -2.24. The number of nitrogens with one attached hydrogen (secondary N) is 1.